The number of aromatic amines is 1. The van der Waals surface area contributed by atoms with E-state index in [2.05, 4.69) is 10.2 Å². The first-order valence-corrected chi connectivity index (χ1v) is 11.2. The average Bonchev–Trinajstić information content (AvgIpc) is 3.22. The molecular formula is C25H34F4N2O. The smallest absolute Gasteiger partial charge is 0.300 e. The summed E-state index contributed by atoms with van der Waals surface area (Å²) >= 11 is 0. The van der Waals surface area contributed by atoms with Crippen LogP contribution in [0.15, 0.2) is 30.3 Å². The van der Waals surface area contributed by atoms with Crippen LogP contribution in [0.1, 0.15) is 95.2 Å². The van der Waals surface area contributed by atoms with Gasteiger partial charge < -0.3 is 0 Å². The fourth-order valence-corrected chi connectivity index (χ4v) is 3.44. The molecule has 0 bridgehead atoms. The minimum atomic E-state index is -4.73. The molecular weight excluding hydrogens is 420 g/mol. The van der Waals surface area contributed by atoms with Gasteiger partial charge in [-0.2, -0.15) is 18.3 Å². The van der Waals surface area contributed by atoms with Crippen LogP contribution in [0.25, 0.3) is 5.57 Å². The number of carbonyl (C=O) groups excluding carboxylic acids is 1. The summed E-state index contributed by atoms with van der Waals surface area (Å²) in [6.45, 7) is 9.85. The molecule has 2 aromatic rings. The van der Waals surface area contributed by atoms with Crippen LogP contribution < -0.4 is 0 Å². The number of allylic oxidation sites excluding steroid dienone is 2. The van der Waals surface area contributed by atoms with Gasteiger partial charge in [0.1, 0.15) is 11.6 Å². The molecule has 1 unspecified atom stereocenters. The third kappa shape index (κ3) is 8.24. The van der Waals surface area contributed by atoms with Crippen molar-refractivity contribution in [2.45, 2.75) is 85.2 Å². The molecule has 0 radical (unpaired) electrons. The number of hydrogen-bond donors (Lipinski definition) is 1. The number of ketones is 1. The summed E-state index contributed by atoms with van der Waals surface area (Å²) in [6.07, 6.45) is 0.506. The molecule has 1 atom stereocenters. The second-order valence-electron chi connectivity index (χ2n) is 7.57. The second-order valence-corrected chi connectivity index (χ2v) is 7.57. The molecule has 0 saturated heterocycles. The number of Topliss-reactive ketones (excluding diaryl/α,β-unsaturated/α-hetero) is 1. The molecule has 0 saturated carbocycles. The number of rotatable bonds is 10. The topological polar surface area (TPSA) is 45.8 Å². The zero-order chi connectivity index (χ0) is 24.3. The van der Waals surface area contributed by atoms with Crippen LogP contribution in [-0.2, 0) is 17.4 Å². The first kappa shape index (κ1) is 27.6. The van der Waals surface area contributed by atoms with E-state index in [4.69, 9.17) is 0 Å². The van der Waals surface area contributed by atoms with E-state index >= 15 is 0 Å². The average molecular weight is 455 g/mol. The Bertz CT molecular complexity index is 884. The highest BCUT2D eigenvalue weighted by Gasteiger charge is 2.34. The Labute approximate surface area is 188 Å². The van der Waals surface area contributed by atoms with Crippen molar-refractivity contribution in [2.75, 3.05) is 0 Å². The Morgan fingerprint density at radius 3 is 2.47 bits per heavy atom. The standard InChI is InChI=1S/C23H28F4N2O.C2H6/c1-4-7-16(17-10-11-20(21(24)13-17)23(25,26)27)12-19(30)9-6-8-18-14-22(29-28-18)15(3)5-2;1-2/h5,10-11,13-14,16H,4,6-9,12H2,1-3H3,(H,28,29);1-2H3/b15-5+;. The first-order valence-electron chi connectivity index (χ1n) is 11.2. The van der Waals surface area contributed by atoms with Crippen LogP contribution in [0, 0.1) is 5.82 Å². The van der Waals surface area contributed by atoms with Gasteiger partial charge in [0.2, 0.25) is 0 Å². The largest absolute Gasteiger partial charge is 0.419 e. The predicted octanol–water partition coefficient (Wildman–Crippen LogP) is 7.88. The lowest BCUT2D eigenvalue weighted by atomic mass is 9.88. The Kier molecular flexibility index (Phi) is 11.4. The Balaban J connectivity index is 0.00000249. The van der Waals surface area contributed by atoms with E-state index in [1.165, 1.54) is 6.07 Å². The molecule has 32 heavy (non-hydrogen) atoms. The van der Waals surface area contributed by atoms with Gasteiger partial charge in [-0.25, -0.2) is 4.39 Å². The number of nitrogens with one attached hydrogen (secondary N) is 1. The molecule has 1 aromatic heterocycles. The third-order valence-electron chi connectivity index (χ3n) is 5.25. The van der Waals surface area contributed by atoms with Crippen LogP contribution >= 0.6 is 0 Å². The van der Waals surface area contributed by atoms with E-state index in [9.17, 15) is 22.4 Å². The predicted molar refractivity (Wildman–Crippen MR) is 121 cm³/mol. The molecule has 3 nitrogen and oxygen atoms in total. The molecule has 0 fully saturated rings. The number of benzene rings is 1. The highest BCUT2D eigenvalue weighted by atomic mass is 19.4. The lowest BCUT2D eigenvalue weighted by molar-refractivity contribution is -0.140. The lowest BCUT2D eigenvalue weighted by Crippen LogP contribution is -2.11. The van der Waals surface area contributed by atoms with Crippen LogP contribution in [0.5, 0.6) is 0 Å². The number of hydrogen-bond acceptors (Lipinski definition) is 2. The zero-order valence-electron chi connectivity index (χ0n) is 19.6. The number of aromatic nitrogens is 2. The van der Waals surface area contributed by atoms with E-state index in [0.29, 0.717) is 31.2 Å². The van der Waals surface area contributed by atoms with Crippen molar-refractivity contribution in [1.29, 1.82) is 0 Å². The van der Waals surface area contributed by atoms with Crippen molar-refractivity contribution in [3.63, 3.8) is 0 Å². The quantitative estimate of drug-likeness (QED) is 0.371. The minimum absolute atomic E-state index is 0.0260. The molecule has 178 valence electrons. The van der Waals surface area contributed by atoms with Crippen LogP contribution in [-0.4, -0.2) is 16.0 Å². The van der Waals surface area contributed by atoms with Gasteiger partial charge in [0, 0.05) is 18.5 Å². The maximum Gasteiger partial charge on any atom is 0.419 e. The summed E-state index contributed by atoms with van der Waals surface area (Å²) in [7, 11) is 0. The van der Waals surface area contributed by atoms with Gasteiger partial charge in [-0.1, -0.05) is 39.3 Å². The Morgan fingerprint density at radius 1 is 1.22 bits per heavy atom. The molecule has 0 spiro atoms. The van der Waals surface area contributed by atoms with E-state index in [0.717, 1.165) is 35.5 Å². The summed E-state index contributed by atoms with van der Waals surface area (Å²) in [5.41, 5.74) is 2.07. The van der Waals surface area contributed by atoms with Gasteiger partial charge in [-0.05, 0) is 68.4 Å². The molecule has 0 amide bonds. The summed E-state index contributed by atoms with van der Waals surface area (Å²) in [5.74, 6) is -1.55. The van der Waals surface area contributed by atoms with E-state index in [1.807, 2.05) is 46.8 Å². The summed E-state index contributed by atoms with van der Waals surface area (Å²) in [6, 6.07) is 4.94. The first-order chi connectivity index (χ1) is 15.2. The molecule has 1 aromatic carbocycles. The van der Waals surface area contributed by atoms with E-state index in [1.54, 1.807) is 0 Å². The molecule has 1 heterocycles. The highest BCUT2D eigenvalue weighted by molar-refractivity contribution is 5.79. The minimum Gasteiger partial charge on any atom is -0.300 e. The fraction of sp³-hybridized carbons (Fsp3) is 0.520. The van der Waals surface area contributed by atoms with Crippen LogP contribution in [0.3, 0.4) is 0 Å². The van der Waals surface area contributed by atoms with Crippen molar-refractivity contribution in [1.82, 2.24) is 10.2 Å². The van der Waals surface area contributed by atoms with Gasteiger partial charge in [0.15, 0.2) is 0 Å². The summed E-state index contributed by atoms with van der Waals surface area (Å²) in [4.78, 5) is 12.5. The number of H-pyrrole nitrogens is 1. The molecule has 2 rings (SSSR count). The van der Waals surface area contributed by atoms with Crippen molar-refractivity contribution in [3.8, 4) is 0 Å². The van der Waals surface area contributed by atoms with Crippen molar-refractivity contribution in [2.24, 2.45) is 0 Å². The van der Waals surface area contributed by atoms with Crippen molar-refractivity contribution < 1.29 is 22.4 Å². The number of aryl methyl sites for hydroxylation is 1. The Hall–Kier alpha value is -2.44. The number of alkyl halides is 3. The van der Waals surface area contributed by atoms with Gasteiger partial charge in [-0.15, -0.1) is 0 Å². The van der Waals surface area contributed by atoms with E-state index < -0.39 is 17.6 Å². The fourth-order valence-electron chi connectivity index (χ4n) is 3.44. The molecule has 1 N–H and O–H groups in total. The number of halogens is 4. The summed E-state index contributed by atoms with van der Waals surface area (Å²) < 4.78 is 52.3. The lowest BCUT2D eigenvalue weighted by Gasteiger charge is -2.17. The Morgan fingerprint density at radius 2 is 1.91 bits per heavy atom. The monoisotopic (exact) mass is 454 g/mol. The van der Waals surface area contributed by atoms with Crippen LogP contribution in [0.4, 0.5) is 17.6 Å². The maximum absolute atomic E-state index is 13.9. The van der Waals surface area contributed by atoms with Crippen molar-refractivity contribution in [3.05, 3.63) is 58.7 Å². The van der Waals surface area contributed by atoms with Gasteiger partial charge in [-0.3, -0.25) is 9.89 Å². The van der Waals surface area contributed by atoms with Gasteiger partial charge in [0.05, 0.1) is 11.3 Å². The molecule has 0 aliphatic carbocycles. The number of nitrogens with zero attached hydrogens (tertiary/aromatic N) is 1. The third-order valence-corrected chi connectivity index (χ3v) is 5.25. The second kappa shape index (κ2) is 13.2. The number of carbonyl (C=O) groups is 1. The normalized spacial score (nSPS) is 12.8. The van der Waals surface area contributed by atoms with Crippen LogP contribution in [0.2, 0.25) is 0 Å². The van der Waals surface area contributed by atoms with Crippen molar-refractivity contribution >= 4 is 11.4 Å². The highest BCUT2D eigenvalue weighted by Crippen LogP contribution is 2.34. The van der Waals surface area contributed by atoms with Gasteiger partial charge >= 0.3 is 6.18 Å². The zero-order valence-corrected chi connectivity index (χ0v) is 19.6. The SMILES string of the molecule is C/C=C(\C)c1cc(CCCC(=O)CC(CCC)c2ccc(C(F)(F)F)c(F)c2)[nH]n1.CC. The molecule has 0 aliphatic rings. The van der Waals surface area contributed by atoms with Gasteiger partial charge in [0.25, 0.3) is 0 Å². The molecule has 0 aliphatic heterocycles. The molecule has 7 heteroatoms. The maximum atomic E-state index is 13.9. The summed E-state index contributed by atoms with van der Waals surface area (Å²) in [5, 5.41) is 7.21. The van der Waals surface area contributed by atoms with E-state index in [-0.39, 0.29) is 18.1 Å².